The van der Waals surface area contributed by atoms with E-state index in [9.17, 15) is 4.79 Å². The Balaban J connectivity index is 2.05. The summed E-state index contributed by atoms with van der Waals surface area (Å²) in [5.74, 6) is 0.221. The van der Waals surface area contributed by atoms with E-state index in [-0.39, 0.29) is 11.9 Å². The summed E-state index contributed by atoms with van der Waals surface area (Å²) in [5, 5.41) is 0. The highest BCUT2D eigenvalue weighted by molar-refractivity contribution is 5.77. The number of ether oxygens (including phenoxy) is 2. The summed E-state index contributed by atoms with van der Waals surface area (Å²) in [6.45, 7) is 3.34. The molecule has 0 aromatic carbocycles. The van der Waals surface area contributed by atoms with Crippen molar-refractivity contribution in [2.45, 2.75) is 25.3 Å². The van der Waals surface area contributed by atoms with Gasteiger partial charge in [-0.25, -0.2) is 0 Å². The number of nitrogens with zero attached hydrogens (tertiary/aromatic N) is 1. The number of piperidine rings is 1. The molecule has 5 heteroatoms. The lowest BCUT2D eigenvalue weighted by molar-refractivity contribution is -0.133. The molecule has 1 rings (SSSR count). The second-order valence-electron chi connectivity index (χ2n) is 4.10. The molecule has 2 N–H and O–H groups in total. The molecule has 16 heavy (non-hydrogen) atoms. The number of carbonyl (C=O) groups excluding carboxylic acids is 1. The van der Waals surface area contributed by atoms with Gasteiger partial charge in [-0.2, -0.15) is 0 Å². The molecule has 0 aliphatic carbocycles. The van der Waals surface area contributed by atoms with Crippen molar-refractivity contribution in [3.05, 3.63) is 0 Å². The summed E-state index contributed by atoms with van der Waals surface area (Å²) in [7, 11) is 1.65. The van der Waals surface area contributed by atoms with Crippen LogP contribution in [0.1, 0.15) is 19.3 Å². The van der Waals surface area contributed by atoms with E-state index in [1.807, 2.05) is 4.90 Å². The van der Waals surface area contributed by atoms with Crippen LogP contribution in [0.4, 0.5) is 0 Å². The van der Waals surface area contributed by atoms with E-state index in [0.29, 0.717) is 32.8 Å². The molecule has 0 bridgehead atoms. The molecule has 1 saturated heterocycles. The van der Waals surface area contributed by atoms with E-state index >= 15 is 0 Å². The van der Waals surface area contributed by atoms with E-state index in [4.69, 9.17) is 15.2 Å². The number of nitrogens with two attached hydrogens (primary N) is 1. The molecular weight excluding hydrogens is 208 g/mol. The van der Waals surface area contributed by atoms with Crippen LogP contribution in [0.5, 0.6) is 0 Å². The average molecular weight is 230 g/mol. The Bertz CT molecular complexity index is 211. The van der Waals surface area contributed by atoms with Crippen molar-refractivity contribution in [2.24, 2.45) is 5.73 Å². The Morgan fingerprint density at radius 3 is 3.00 bits per heavy atom. The fourth-order valence-corrected chi connectivity index (χ4v) is 1.76. The van der Waals surface area contributed by atoms with Crippen LogP contribution in [0.25, 0.3) is 0 Å². The standard InChI is InChI=1S/C11H22N2O3/c1-15-7-8-16-6-2-5-13-9-10(12)3-4-11(13)14/h10H,2-9,12H2,1H3. The van der Waals surface area contributed by atoms with Gasteiger partial charge in [0.1, 0.15) is 0 Å². The fraction of sp³-hybridized carbons (Fsp3) is 0.909. The van der Waals surface area contributed by atoms with E-state index in [2.05, 4.69) is 0 Å². The molecule has 0 aromatic heterocycles. The van der Waals surface area contributed by atoms with Gasteiger partial charge in [-0.3, -0.25) is 4.79 Å². The maximum atomic E-state index is 11.5. The van der Waals surface area contributed by atoms with Crippen molar-refractivity contribution in [1.29, 1.82) is 0 Å². The molecule has 1 amide bonds. The highest BCUT2D eigenvalue weighted by Crippen LogP contribution is 2.10. The lowest BCUT2D eigenvalue weighted by Gasteiger charge is -2.30. The van der Waals surface area contributed by atoms with E-state index < -0.39 is 0 Å². The molecule has 1 atom stereocenters. The van der Waals surface area contributed by atoms with Gasteiger partial charge in [-0.15, -0.1) is 0 Å². The number of rotatable bonds is 7. The maximum Gasteiger partial charge on any atom is 0.222 e. The molecule has 1 aliphatic rings. The number of likely N-dealkylation sites (tertiary alicyclic amines) is 1. The van der Waals surface area contributed by atoms with E-state index in [0.717, 1.165) is 19.4 Å². The largest absolute Gasteiger partial charge is 0.382 e. The summed E-state index contributed by atoms with van der Waals surface area (Å²) in [6, 6.07) is 0.145. The summed E-state index contributed by atoms with van der Waals surface area (Å²) in [4.78, 5) is 13.4. The third-order valence-electron chi connectivity index (χ3n) is 2.69. The first-order chi connectivity index (χ1) is 7.74. The summed E-state index contributed by atoms with van der Waals surface area (Å²) in [6.07, 6.45) is 2.27. The van der Waals surface area contributed by atoms with E-state index in [1.165, 1.54) is 0 Å². The second-order valence-corrected chi connectivity index (χ2v) is 4.10. The van der Waals surface area contributed by atoms with Crippen LogP contribution in [0.15, 0.2) is 0 Å². The lowest BCUT2D eigenvalue weighted by atomic mass is 10.1. The molecule has 0 radical (unpaired) electrons. The predicted molar refractivity (Wildman–Crippen MR) is 61.1 cm³/mol. The SMILES string of the molecule is COCCOCCCN1CC(N)CCC1=O. The highest BCUT2D eigenvalue weighted by atomic mass is 16.5. The van der Waals surface area contributed by atoms with Crippen molar-refractivity contribution in [3.63, 3.8) is 0 Å². The zero-order chi connectivity index (χ0) is 11.8. The Hall–Kier alpha value is -0.650. The smallest absolute Gasteiger partial charge is 0.222 e. The molecule has 0 spiro atoms. The van der Waals surface area contributed by atoms with Crippen molar-refractivity contribution in [3.8, 4) is 0 Å². The summed E-state index contributed by atoms with van der Waals surface area (Å²) in [5.41, 5.74) is 5.82. The van der Waals surface area contributed by atoms with E-state index in [1.54, 1.807) is 7.11 Å². The average Bonchev–Trinajstić information content (AvgIpc) is 2.28. The van der Waals surface area contributed by atoms with Crippen molar-refractivity contribution in [2.75, 3.05) is 40.0 Å². The first-order valence-electron chi connectivity index (χ1n) is 5.84. The molecule has 5 nitrogen and oxygen atoms in total. The Labute approximate surface area is 96.9 Å². The first kappa shape index (κ1) is 13.4. The molecule has 0 aromatic rings. The number of amides is 1. The zero-order valence-electron chi connectivity index (χ0n) is 9.98. The van der Waals surface area contributed by atoms with Gasteiger partial charge in [0.2, 0.25) is 5.91 Å². The Morgan fingerprint density at radius 2 is 2.25 bits per heavy atom. The predicted octanol–water partition coefficient (Wildman–Crippen LogP) is -0.0108. The van der Waals surface area contributed by atoms with Gasteiger partial charge in [0, 0.05) is 39.3 Å². The molecule has 1 aliphatic heterocycles. The van der Waals surface area contributed by atoms with Crippen LogP contribution in [-0.4, -0.2) is 56.9 Å². The van der Waals surface area contributed by atoms with Crippen LogP contribution in [-0.2, 0) is 14.3 Å². The van der Waals surface area contributed by atoms with Crippen LogP contribution in [0.2, 0.25) is 0 Å². The van der Waals surface area contributed by atoms with Crippen molar-refractivity contribution >= 4 is 5.91 Å². The van der Waals surface area contributed by atoms with Crippen molar-refractivity contribution in [1.82, 2.24) is 4.90 Å². The van der Waals surface area contributed by atoms with Crippen LogP contribution >= 0.6 is 0 Å². The Kier molecular flexibility index (Phi) is 6.37. The minimum absolute atomic E-state index is 0.145. The van der Waals surface area contributed by atoms with Crippen LogP contribution in [0, 0.1) is 0 Å². The molecule has 0 saturated carbocycles. The summed E-state index contributed by atoms with van der Waals surface area (Å²) < 4.78 is 10.2. The second kappa shape index (κ2) is 7.60. The number of hydrogen-bond donors (Lipinski definition) is 1. The number of carbonyl (C=O) groups is 1. The number of methoxy groups -OCH3 is 1. The van der Waals surface area contributed by atoms with Crippen LogP contribution < -0.4 is 5.73 Å². The molecular formula is C11H22N2O3. The zero-order valence-corrected chi connectivity index (χ0v) is 9.98. The molecule has 1 unspecified atom stereocenters. The van der Waals surface area contributed by atoms with Gasteiger partial charge in [-0.05, 0) is 12.8 Å². The highest BCUT2D eigenvalue weighted by Gasteiger charge is 2.22. The lowest BCUT2D eigenvalue weighted by Crippen LogP contribution is -2.46. The fourth-order valence-electron chi connectivity index (χ4n) is 1.76. The molecule has 94 valence electrons. The van der Waals surface area contributed by atoms with Gasteiger partial charge < -0.3 is 20.1 Å². The topological polar surface area (TPSA) is 64.8 Å². The normalized spacial score (nSPS) is 21.5. The Morgan fingerprint density at radius 1 is 1.44 bits per heavy atom. The van der Waals surface area contributed by atoms with Gasteiger partial charge in [0.15, 0.2) is 0 Å². The third kappa shape index (κ3) is 4.92. The monoisotopic (exact) mass is 230 g/mol. The third-order valence-corrected chi connectivity index (χ3v) is 2.69. The molecule has 1 heterocycles. The summed E-state index contributed by atoms with van der Waals surface area (Å²) >= 11 is 0. The minimum Gasteiger partial charge on any atom is -0.382 e. The van der Waals surface area contributed by atoms with Crippen LogP contribution in [0.3, 0.4) is 0 Å². The molecule has 1 fully saturated rings. The number of hydrogen-bond acceptors (Lipinski definition) is 4. The van der Waals surface area contributed by atoms with Gasteiger partial charge >= 0.3 is 0 Å². The van der Waals surface area contributed by atoms with Gasteiger partial charge in [-0.1, -0.05) is 0 Å². The van der Waals surface area contributed by atoms with Gasteiger partial charge in [0.25, 0.3) is 0 Å². The van der Waals surface area contributed by atoms with Crippen molar-refractivity contribution < 1.29 is 14.3 Å². The van der Waals surface area contributed by atoms with Gasteiger partial charge in [0.05, 0.1) is 13.2 Å². The quantitative estimate of drug-likeness (QED) is 0.625. The minimum atomic E-state index is 0.145. The first-order valence-corrected chi connectivity index (χ1v) is 5.84. The maximum absolute atomic E-state index is 11.5.